The number of hydrogen-bond acceptors (Lipinski definition) is 4. The van der Waals surface area contributed by atoms with E-state index in [4.69, 9.17) is 0 Å². The monoisotopic (exact) mass is 411 g/mol. The number of ketones is 1. The van der Waals surface area contributed by atoms with Crippen molar-refractivity contribution in [3.63, 3.8) is 0 Å². The molecule has 0 spiro atoms. The average Bonchev–Trinajstić information content (AvgIpc) is 2.63. The first-order valence-corrected chi connectivity index (χ1v) is 11.1. The van der Waals surface area contributed by atoms with Gasteiger partial charge in [-0.25, -0.2) is 0 Å². The summed E-state index contributed by atoms with van der Waals surface area (Å²) in [7, 11) is 5.55. The van der Waals surface area contributed by atoms with Crippen molar-refractivity contribution in [1.82, 2.24) is 15.1 Å². The highest BCUT2D eigenvalue weighted by Crippen LogP contribution is 2.31. The van der Waals surface area contributed by atoms with E-state index in [1.54, 1.807) is 11.8 Å². The first kappa shape index (κ1) is 27.6. The van der Waals surface area contributed by atoms with Gasteiger partial charge in [0, 0.05) is 19.5 Å². The molecule has 0 fully saturated rings. The lowest BCUT2D eigenvalue weighted by molar-refractivity contribution is -0.137. The number of hydrogen-bond donors (Lipinski definition) is 1. The minimum absolute atomic E-state index is 0.0212. The van der Waals surface area contributed by atoms with E-state index in [0.29, 0.717) is 12.3 Å². The summed E-state index contributed by atoms with van der Waals surface area (Å²) >= 11 is 0. The van der Waals surface area contributed by atoms with E-state index in [1.165, 1.54) is 0 Å². The van der Waals surface area contributed by atoms with Gasteiger partial charge in [-0.1, -0.05) is 54.4 Å². The van der Waals surface area contributed by atoms with Crippen molar-refractivity contribution < 1.29 is 14.4 Å². The first-order valence-electron chi connectivity index (χ1n) is 11.1. The Morgan fingerprint density at radius 2 is 1.41 bits per heavy atom. The van der Waals surface area contributed by atoms with Crippen LogP contribution in [0.4, 0.5) is 0 Å². The van der Waals surface area contributed by atoms with Crippen molar-refractivity contribution in [2.75, 3.05) is 27.7 Å². The summed E-state index contributed by atoms with van der Waals surface area (Å²) in [5, 5.41) is 2.82. The Balaban J connectivity index is 5.43. The molecular weight excluding hydrogens is 366 g/mol. The lowest BCUT2D eigenvalue weighted by Gasteiger charge is -2.41. The first-order chi connectivity index (χ1) is 13.4. The standard InChI is InChI=1S/C23H45N3O3/c1-11-16(5)19(13-18(7)27)22(17(6)12-2)26(10)20(28)14-24-23(29)21(15(3)4)25(8)9/h15-17,19,21-22H,11-14H2,1-10H3,(H,24,29). The zero-order valence-corrected chi connectivity index (χ0v) is 20.4. The lowest BCUT2D eigenvalue weighted by atomic mass is 9.76. The molecule has 0 bridgehead atoms. The van der Waals surface area contributed by atoms with E-state index in [9.17, 15) is 14.4 Å². The van der Waals surface area contributed by atoms with Gasteiger partial charge in [-0.3, -0.25) is 14.5 Å². The largest absolute Gasteiger partial charge is 0.346 e. The SMILES string of the molecule is CCC(C)C(CC(C)=O)C(C(C)CC)N(C)C(=O)CNC(=O)C(C(C)C)N(C)C. The van der Waals surface area contributed by atoms with Crippen molar-refractivity contribution in [2.45, 2.75) is 79.8 Å². The van der Waals surface area contributed by atoms with Gasteiger partial charge in [0.25, 0.3) is 0 Å². The molecule has 170 valence electrons. The van der Waals surface area contributed by atoms with E-state index in [2.05, 4.69) is 33.0 Å². The number of amides is 2. The third-order valence-corrected chi connectivity index (χ3v) is 6.27. The van der Waals surface area contributed by atoms with Crippen LogP contribution >= 0.6 is 0 Å². The van der Waals surface area contributed by atoms with Crippen molar-refractivity contribution in [3.05, 3.63) is 0 Å². The van der Waals surface area contributed by atoms with Gasteiger partial charge in [0.15, 0.2) is 0 Å². The normalized spacial score (nSPS) is 16.8. The molecule has 6 heteroatoms. The molecule has 0 saturated carbocycles. The molecule has 0 aliphatic carbocycles. The molecule has 2 amide bonds. The number of likely N-dealkylation sites (N-methyl/N-ethyl adjacent to an activating group) is 2. The van der Waals surface area contributed by atoms with Gasteiger partial charge in [-0.05, 0) is 44.7 Å². The number of nitrogens with zero attached hydrogens (tertiary/aromatic N) is 2. The highest BCUT2D eigenvalue weighted by molar-refractivity contribution is 5.87. The van der Waals surface area contributed by atoms with Crippen molar-refractivity contribution in [2.24, 2.45) is 23.7 Å². The van der Waals surface area contributed by atoms with E-state index in [1.807, 2.05) is 39.9 Å². The summed E-state index contributed by atoms with van der Waals surface area (Å²) in [5.41, 5.74) is 0. The van der Waals surface area contributed by atoms with Crippen LogP contribution in [-0.2, 0) is 14.4 Å². The van der Waals surface area contributed by atoms with Gasteiger partial charge in [-0.2, -0.15) is 0 Å². The fourth-order valence-electron chi connectivity index (χ4n) is 4.32. The van der Waals surface area contributed by atoms with Crippen molar-refractivity contribution >= 4 is 17.6 Å². The molecule has 0 aliphatic rings. The molecule has 0 aromatic rings. The average molecular weight is 412 g/mol. The van der Waals surface area contributed by atoms with Crippen LogP contribution in [0.15, 0.2) is 0 Å². The van der Waals surface area contributed by atoms with Crippen LogP contribution in [-0.4, -0.2) is 67.2 Å². The van der Waals surface area contributed by atoms with Crippen LogP contribution in [0.3, 0.4) is 0 Å². The summed E-state index contributed by atoms with van der Waals surface area (Å²) in [5.74, 6) is 0.780. The third kappa shape index (κ3) is 8.45. The molecule has 5 unspecified atom stereocenters. The second-order valence-electron chi connectivity index (χ2n) is 9.21. The molecular formula is C23H45N3O3. The zero-order chi connectivity index (χ0) is 22.9. The van der Waals surface area contributed by atoms with E-state index in [0.717, 1.165) is 12.8 Å². The number of Topliss-reactive ketones (excluding diaryl/α,β-unsaturated/α-hetero) is 1. The Kier molecular flexibility index (Phi) is 12.3. The Morgan fingerprint density at radius 3 is 1.79 bits per heavy atom. The quantitative estimate of drug-likeness (QED) is 0.505. The van der Waals surface area contributed by atoms with Crippen LogP contribution in [0.2, 0.25) is 0 Å². The molecule has 0 radical (unpaired) electrons. The predicted molar refractivity (Wildman–Crippen MR) is 120 cm³/mol. The van der Waals surface area contributed by atoms with E-state index < -0.39 is 0 Å². The van der Waals surface area contributed by atoms with Crippen molar-refractivity contribution in [3.8, 4) is 0 Å². The van der Waals surface area contributed by atoms with Gasteiger partial charge in [0.1, 0.15) is 5.78 Å². The number of nitrogens with one attached hydrogen (secondary N) is 1. The molecule has 5 atom stereocenters. The van der Waals surface area contributed by atoms with Crippen LogP contribution in [0.1, 0.15) is 67.7 Å². The maximum Gasteiger partial charge on any atom is 0.241 e. The second kappa shape index (κ2) is 13.0. The van der Waals surface area contributed by atoms with Crippen molar-refractivity contribution in [1.29, 1.82) is 0 Å². The molecule has 0 aromatic carbocycles. The second-order valence-corrected chi connectivity index (χ2v) is 9.21. The summed E-state index contributed by atoms with van der Waals surface area (Å²) in [6.07, 6.45) is 2.36. The molecule has 0 aromatic heterocycles. The summed E-state index contributed by atoms with van der Waals surface area (Å²) < 4.78 is 0. The molecule has 0 rings (SSSR count). The smallest absolute Gasteiger partial charge is 0.241 e. The van der Waals surface area contributed by atoms with Crippen LogP contribution in [0.25, 0.3) is 0 Å². The summed E-state index contributed by atoms with van der Waals surface area (Å²) in [6.45, 7) is 14.1. The number of carbonyl (C=O) groups is 3. The summed E-state index contributed by atoms with van der Waals surface area (Å²) in [4.78, 5) is 41.1. The predicted octanol–water partition coefficient (Wildman–Crippen LogP) is 3.20. The summed E-state index contributed by atoms with van der Waals surface area (Å²) in [6, 6.07) is -0.304. The van der Waals surface area contributed by atoms with Gasteiger partial charge in [-0.15, -0.1) is 0 Å². The fourth-order valence-corrected chi connectivity index (χ4v) is 4.32. The van der Waals surface area contributed by atoms with Gasteiger partial charge in [0.2, 0.25) is 11.8 Å². The van der Waals surface area contributed by atoms with Gasteiger partial charge in [0.05, 0.1) is 12.6 Å². The molecule has 1 N–H and O–H groups in total. The Hall–Kier alpha value is -1.43. The van der Waals surface area contributed by atoms with Gasteiger partial charge < -0.3 is 15.0 Å². The maximum absolute atomic E-state index is 13.0. The van der Waals surface area contributed by atoms with Crippen LogP contribution in [0.5, 0.6) is 0 Å². The minimum Gasteiger partial charge on any atom is -0.346 e. The third-order valence-electron chi connectivity index (χ3n) is 6.27. The van der Waals surface area contributed by atoms with Gasteiger partial charge >= 0.3 is 0 Å². The fraction of sp³-hybridized carbons (Fsp3) is 0.870. The minimum atomic E-state index is -0.274. The molecule has 6 nitrogen and oxygen atoms in total. The maximum atomic E-state index is 13.0. The highest BCUT2D eigenvalue weighted by Gasteiger charge is 2.35. The number of rotatable bonds is 13. The Bertz CT molecular complexity index is 525. The van der Waals surface area contributed by atoms with E-state index in [-0.39, 0.29) is 54.0 Å². The highest BCUT2D eigenvalue weighted by atomic mass is 16.2. The topological polar surface area (TPSA) is 69.7 Å². The molecule has 0 aliphatic heterocycles. The molecule has 0 saturated heterocycles. The Labute approximate surface area is 178 Å². The van der Waals surface area contributed by atoms with E-state index >= 15 is 0 Å². The van der Waals surface area contributed by atoms with Crippen LogP contribution in [0, 0.1) is 23.7 Å². The number of carbonyl (C=O) groups excluding carboxylic acids is 3. The lowest BCUT2D eigenvalue weighted by Crippen LogP contribution is -2.53. The molecule has 29 heavy (non-hydrogen) atoms. The zero-order valence-electron chi connectivity index (χ0n) is 20.4. The van der Waals surface area contributed by atoms with Crippen LogP contribution < -0.4 is 5.32 Å². The Morgan fingerprint density at radius 1 is 0.897 bits per heavy atom. The molecule has 0 heterocycles.